The van der Waals surface area contributed by atoms with E-state index in [9.17, 15) is 4.39 Å². The standard InChI is InChI=1S/C14H10FN5/c1-9-13(15)14(18-8-17-9)20-11-5-3-2-4-10(11)19-12(20)6-7-16/h2-5,8H,6H2,1H3. The monoisotopic (exact) mass is 267 g/mol. The highest BCUT2D eigenvalue weighted by Gasteiger charge is 2.17. The molecular formula is C14H10FN5. The Morgan fingerprint density at radius 2 is 2.10 bits per heavy atom. The molecule has 0 saturated carbocycles. The Balaban J connectivity index is 2.37. The lowest BCUT2D eigenvalue weighted by atomic mass is 10.3. The average Bonchev–Trinajstić information content (AvgIpc) is 2.80. The first kappa shape index (κ1) is 12.2. The maximum atomic E-state index is 14.3. The maximum Gasteiger partial charge on any atom is 0.187 e. The molecule has 0 N–H and O–H groups in total. The molecule has 20 heavy (non-hydrogen) atoms. The fourth-order valence-corrected chi connectivity index (χ4v) is 2.10. The number of nitriles is 1. The summed E-state index contributed by atoms with van der Waals surface area (Å²) in [6.07, 6.45) is 1.38. The summed E-state index contributed by atoms with van der Waals surface area (Å²) in [7, 11) is 0. The Labute approximate surface area is 114 Å². The molecule has 0 aliphatic heterocycles. The number of aromatic nitrogens is 4. The quantitative estimate of drug-likeness (QED) is 0.714. The Bertz CT molecular complexity index is 831. The van der Waals surface area contributed by atoms with Gasteiger partial charge in [0.1, 0.15) is 12.2 Å². The summed E-state index contributed by atoms with van der Waals surface area (Å²) in [6.45, 7) is 1.57. The van der Waals surface area contributed by atoms with Crippen LogP contribution >= 0.6 is 0 Å². The van der Waals surface area contributed by atoms with E-state index in [4.69, 9.17) is 5.26 Å². The van der Waals surface area contributed by atoms with Crippen LogP contribution in [0.1, 0.15) is 11.5 Å². The molecule has 0 unspecified atom stereocenters. The fourth-order valence-electron chi connectivity index (χ4n) is 2.10. The van der Waals surface area contributed by atoms with Crippen molar-refractivity contribution >= 4 is 11.0 Å². The summed E-state index contributed by atoms with van der Waals surface area (Å²) in [6, 6.07) is 9.36. The van der Waals surface area contributed by atoms with Gasteiger partial charge in [-0.1, -0.05) is 12.1 Å². The third-order valence-electron chi connectivity index (χ3n) is 3.02. The number of fused-ring (bicyclic) bond motifs is 1. The third-order valence-corrected chi connectivity index (χ3v) is 3.02. The number of rotatable bonds is 2. The normalized spacial score (nSPS) is 10.7. The maximum absolute atomic E-state index is 14.3. The first-order valence-electron chi connectivity index (χ1n) is 6.03. The molecule has 3 rings (SSSR count). The molecule has 0 spiro atoms. The number of para-hydroxylation sites is 2. The largest absolute Gasteiger partial charge is 0.277 e. The van der Waals surface area contributed by atoms with Crippen LogP contribution in [-0.4, -0.2) is 19.5 Å². The molecule has 0 bridgehead atoms. The zero-order valence-corrected chi connectivity index (χ0v) is 10.7. The number of imidazole rings is 1. The van der Waals surface area contributed by atoms with Gasteiger partial charge in [0, 0.05) is 0 Å². The van der Waals surface area contributed by atoms with Crippen molar-refractivity contribution in [3.05, 3.63) is 47.9 Å². The van der Waals surface area contributed by atoms with Crippen molar-refractivity contribution in [2.45, 2.75) is 13.3 Å². The van der Waals surface area contributed by atoms with Crippen molar-refractivity contribution in [3.8, 4) is 11.9 Å². The second kappa shape index (κ2) is 4.70. The molecular weight excluding hydrogens is 257 g/mol. The van der Waals surface area contributed by atoms with E-state index in [0.29, 0.717) is 11.3 Å². The topological polar surface area (TPSA) is 67.4 Å². The van der Waals surface area contributed by atoms with Gasteiger partial charge < -0.3 is 0 Å². The van der Waals surface area contributed by atoms with Crippen molar-refractivity contribution < 1.29 is 4.39 Å². The minimum Gasteiger partial charge on any atom is -0.277 e. The lowest BCUT2D eigenvalue weighted by Crippen LogP contribution is -2.07. The summed E-state index contributed by atoms with van der Waals surface area (Å²) < 4.78 is 15.8. The summed E-state index contributed by atoms with van der Waals surface area (Å²) in [5, 5.41) is 8.91. The summed E-state index contributed by atoms with van der Waals surface area (Å²) >= 11 is 0. The highest BCUT2D eigenvalue weighted by atomic mass is 19.1. The van der Waals surface area contributed by atoms with E-state index in [0.717, 1.165) is 5.52 Å². The van der Waals surface area contributed by atoms with Crippen molar-refractivity contribution in [2.75, 3.05) is 0 Å². The van der Waals surface area contributed by atoms with Crippen molar-refractivity contribution in [1.82, 2.24) is 19.5 Å². The van der Waals surface area contributed by atoms with Crippen LogP contribution in [0.25, 0.3) is 16.9 Å². The molecule has 0 aliphatic rings. The highest BCUT2D eigenvalue weighted by molar-refractivity contribution is 5.78. The number of aryl methyl sites for hydroxylation is 1. The van der Waals surface area contributed by atoms with Gasteiger partial charge >= 0.3 is 0 Å². The first-order chi connectivity index (χ1) is 9.72. The van der Waals surface area contributed by atoms with E-state index in [-0.39, 0.29) is 17.9 Å². The van der Waals surface area contributed by atoms with Gasteiger partial charge in [0.2, 0.25) is 0 Å². The van der Waals surface area contributed by atoms with Crippen LogP contribution in [0.3, 0.4) is 0 Å². The van der Waals surface area contributed by atoms with Crippen LogP contribution in [0.4, 0.5) is 4.39 Å². The van der Waals surface area contributed by atoms with Crippen LogP contribution in [0.2, 0.25) is 0 Å². The molecule has 2 aromatic heterocycles. The van der Waals surface area contributed by atoms with Gasteiger partial charge in [0.25, 0.3) is 0 Å². The average molecular weight is 267 g/mol. The van der Waals surface area contributed by atoms with Gasteiger partial charge in [-0.2, -0.15) is 5.26 Å². The first-order valence-corrected chi connectivity index (χ1v) is 6.03. The van der Waals surface area contributed by atoms with E-state index < -0.39 is 5.82 Å². The fraction of sp³-hybridized carbons (Fsp3) is 0.143. The molecule has 0 atom stereocenters. The SMILES string of the molecule is Cc1ncnc(-n2c(CC#N)nc3ccccc32)c1F. The van der Waals surface area contributed by atoms with Gasteiger partial charge in [-0.05, 0) is 19.1 Å². The highest BCUT2D eigenvalue weighted by Crippen LogP contribution is 2.22. The molecule has 1 aromatic carbocycles. The summed E-state index contributed by atoms with van der Waals surface area (Å²) in [5.41, 5.74) is 1.68. The van der Waals surface area contributed by atoms with Crippen molar-refractivity contribution in [3.63, 3.8) is 0 Å². The minimum absolute atomic E-state index is 0.0805. The second-order valence-corrected chi connectivity index (χ2v) is 4.28. The molecule has 2 heterocycles. The zero-order valence-electron chi connectivity index (χ0n) is 10.7. The Kier molecular flexibility index (Phi) is 2.88. The number of halogens is 1. The molecule has 3 aromatic rings. The van der Waals surface area contributed by atoms with Crippen LogP contribution in [0.15, 0.2) is 30.6 Å². The molecule has 0 saturated heterocycles. The molecule has 98 valence electrons. The lowest BCUT2D eigenvalue weighted by Gasteiger charge is -2.08. The van der Waals surface area contributed by atoms with Gasteiger partial charge in [-0.15, -0.1) is 0 Å². The number of hydrogen-bond acceptors (Lipinski definition) is 4. The number of nitrogens with zero attached hydrogens (tertiary/aromatic N) is 5. The zero-order chi connectivity index (χ0) is 14.1. The smallest absolute Gasteiger partial charge is 0.187 e. The molecule has 0 radical (unpaired) electrons. The van der Waals surface area contributed by atoms with Gasteiger partial charge in [0.05, 0.1) is 29.2 Å². The minimum atomic E-state index is -0.505. The van der Waals surface area contributed by atoms with Crippen LogP contribution in [-0.2, 0) is 6.42 Å². The Morgan fingerprint density at radius 1 is 1.30 bits per heavy atom. The van der Waals surface area contributed by atoms with Crippen LogP contribution in [0, 0.1) is 24.1 Å². The van der Waals surface area contributed by atoms with Crippen LogP contribution in [0.5, 0.6) is 0 Å². The summed E-state index contributed by atoms with van der Waals surface area (Å²) in [5.74, 6) is 0.0805. The van der Waals surface area contributed by atoms with Gasteiger partial charge in [-0.25, -0.2) is 19.3 Å². The van der Waals surface area contributed by atoms with E-state index in [1.807, 2.05) is 30.3 Å². The number of hydrogen-bond donors (Lipinski definition) is 0. The molecule has 0 aliphatic carbocycles. The molecule has 0 amide bonds. The van der Waals surface area contributed by atoms with Crippen molar-refractivity contribution in [2.24, 2.45) is 0 Å². The molecule has 5 nitrogen and oxygen atoms in total. The van der Waals surface area contributed by atoms with Crippen molar-refractivity contribution in [1.29, 1.82) is 5.26 Å². The van der Waals surface area contributed by atoms with Gasteiger partial charge in [-0.3, -0.25) is 4.57 Å². The summed E-state index contributed by atoms with van der Waals surface area (Å²) in [4.78, 5) is 12.2. The van der Waals surface area contributed by atoms with Crippen LogP contribution < -0.4 is 0 Å². The Hall–Kier alpha value is -2.81. The molecule has 6 heteroatoms. The second-order valence-electron chi connectivity index (χ2n) is 4.28. The molecule has 0 fully saturated rings. The number of benzene rings is 1. The van der Waals surface area contributed by atoms with E-state index in [2.05, 4.69) is 15.0 Å². The van der Waals surface area contributed by atoms with E-state index >= 15 is 0 Å². The lowest BCUT2D eigenvalue weighted by molar-refractivity contribution is 0.589. The van der Waals surface area contributed by atoms with E-state index in [1.165, 1.54) is 6.33 Å². The third kappa shape index (κ3) is 1.80. The van der Waals surface area contributed by atoms with E-state index in [1.54, 1.807) is 11.5 Å². The van der Waals surface area contributed by atoms with Gasteiger partial charge in [0.15, 0.2) is 11.6 Å². The predicted octanol–water partition coefficient (Wildman–Crippen LogP) is 2.33. The Morgan fingerprint density at radius 3 is 2.90 bits per heavy atom. The predicted molar refractivity (Wildman–Crippen MR) is 70.7 cm³/mol.